The average molecular weight is 454 g/mol. The second-order valence-corrected chi connectivity index (χ2v) is 13.7. The summed E-state index contributed by atoms with van der Waals surface area (Å²) in [7, 11) is -0.00686. The molecule has 1 unspecified atom stereocenters. The number of aliphatic hydroxyl groups excluding tert-OH is 1. The number of aliphatic hydroxyl groups is 1. The fourth-order valence-electron chi connectivity index (χ4n) is 3.30. The molecule has 8 nitrogen and oxygen atoms in total. The number of hydrogen-bond donors (Lipinski definition) is 3. The normalized spacial score (nSPS) is 12.3. The molecule has 0 saturated heterocycles. The van der Waals surface area contributed by atoms with Crippen LogP contribution in [0.4, 0.5) is 5.69 Å². The highest BCUT2D eigenvalue weighted by molar-refractivity contribution is 6.88. The van der Waals surface area contributed by atoms with Crippen molar-refractivity contribution in [3.8, 4) is 0 Å². The second-order valence-electron chi connectivity index (χ2n) is 8.61. The number of likely N-dealkylation sites (N-methyl/N-ethyl adjacent to an activating group) is 1. The molecular weight excluding hydrogens is 426 g/mol. The number of nitrogens with one attached hydrogen (secondary N) is 2. The Balaban J connectivity index is 1.91. The number of rotatable bonds is 7. The van der Waals surface area contributed by atoms with Gasteiger partial charge in [0.2, 0.25) is 5.76 Å². The van der Waals surface area contributed by atoms with E-state index in [0.29, 0.717) is 16.8 Å². The molecular formula is C23H27N3O5Si. The third kappa shape index (κ3) is 5.24. The van der Waals surface area contributed by atoms with Crippen LogP contribution in [0.2, 0.25) is 19.6 Å². The van der Waals surface area contributed by atoms with E-state index in [9.17, 15) is 19.5 Å². The van der Waals surface area contributed by atoms with Crippen molar-refractivity contribution in [2.24, 2.45) is 0 Å². The molecule has 0 saturated carbocycles. The van der Waals surface area contributed by atoms with Gasteiger partial charge in [-0.3, -0.25) is 14.4 Å². The Kier molecular flexibility index (Phi) is 6.80. The van der Waals surface area contributed by atoms with Gasteiger partial charge < -0.3 is 19.8 Å². The van der Waals surface area contributed by atoms with Crippen LogP contribution in [0.15, 0.2) is 63.9 Å². The number of benzene rings is 2. The summed E-state index contributed by atoms with van der Waals surface area (Å²) in [5, 5.41) is 15.5. The first kappa shape index (κ1) is 23.2. The lowest BCUT2D eigenvalue weighted by atomic mass is 10.0. The summed E-state index contributed by atoms with van der Waals surface area (Å²) in [5.74, 6) is -1.23. The van der Waals surface area contributed by atoms with Crippen molar-refractivity contribution in [1.82, 2.24) is 10.1 Å². The second kappa shape index (κ2) is 9.37. The number of nitrogens with zero attached hydrogens (tertiary/aromatic N) is 1. The SMILES string of the molecule is CN(C(=O)c1cc(=O)[nH]o1)C(C(=O)Nc1ccc([Si](C)(C)C)cc1)c1ccc(CO)cc1. The molecule has 2 aromatic carbocycles. The van der Waals surface area contributed by atoms with E-state index in [-0.39, 0.29) is 12.4 Å². The molecule has 0 bridgehead atoms. The highest BCUT2D eigenvalue weighted by atomic mass is 28.3. The molecule has 1 heterocycles. The number of hydrogen-bond acceptors (Lipinski definition) is 5. The molecule has 1 aromatic heterocycles. The van der Waals surface area contributed by atoms with E-state index >= 15 is 0 Å². The summed E-state index contributed by atoms with van der Waals surface area (Å²) in [4.78, 5) is 38.7. The molecule has 3 N–H and O–H groups in total. The maximum absolute atomic E-state index is 13.3. The van der Waals surface area contributed by atoms with Crippen molar-refractivity contribution in [2.75, 3.05) is 12.4 Å². The molecule has 168 valence electrons. The Bertz CT molecular complexity index is 1140. The van der Waals surface area contributed by atoms with Gasteiger partial charge >= 0.3 is 0 Å². The van der Waals surface area contributed by atoms with Gasteiger partial charge in [0.1, 0.15) is 6.04 Å². The van der Waals surface area contributed by atoms with Gasteiger partial charge in [-0.15, -0.1) is 0 Å². The summed E-state index contributed by atoms with van der Waals surface area (Å²) >= 11 is 0. The van der Waals surface area contributed by atoms with E-state index < -0.39 is 31.5 Å². The minimum atomic E-state index is -1.47. The summed E-state index contributed by atoms with van der Waals surface area (Å²) in [5.41, 5.74) is 1.30. The lowest BCUT2D eigenvalue weighted by Gasteiger charge is -2.27. The molecule has 0 aliphatic rings. The van der Waals surface area contributed by atoms with Gasteiger partial charge in [-0.2, -0.15) is 5.16 Å². The van der Waals surface area contributed by atoms with Gasteiger partial charge in [-0.1, -0.05) is 61.2 Å². The van der Waals surface area contributed by atoms with Crippen LogP contribution in [0.25, 0.3) is 0 Å². The lowest BCUT2D eigenvalue weighted by Crippen LogP contribution is -2.39. The molecule has 0 radical (unpaired) electrons. The van der Waals surface area contributed by atoms with E-state index in [4.69, 9.17) is 4.52 Å². The molecule has 32 heavy (non-hydrogen) atoms. The minimum Gasteiger partial charge on any atom is -0.392 e. The van der Waals surface area contributed by atoms with Crippen molar-refractivity contribution in [2.45, 2.75) is 32.3 Å². The molecule has 3 rings (SSSR count). The van der Waals surface area contributed by atoms with Gasteiger partial charge in [0.05, 0.1) is 20.7 Å². The maximum Gasteiger partial charge on any atom is 0.293 e. The summed E-state index contributed by atoms with van der Waals surface area (Å²) in [6, 6.07) is 14.5. The largest absolute Gasteiger partial charge is 0.392 e. The molecule has 1 atom stereocenters. The van der Waals surface area contributed by atoms with Gasteiger partial charge in [-0.25, -0.2) is 0 Å². The molecule has 0 spiro atoms. The quantitative estimate of drug-likeness (QED) is 0.475. The fraction of sp³-hybridized carbons (Fsp3) is 0.261. The standard InChI is InChI=1S/C23H27N3O5Si/c1-26(23(30)19-13-20(28)25-31-19)21(16-7-5-15(14-27)6-8-16)22(29)24-17-9-11-18(12-10-17)32(2,3)4/h5-13,21,27H,14H2,1-4H3,(H,24,29)(H,25,28). The van der Waals surface area contributed by atoms with Gasteiger partial charge in [0, 0.05) is 12.7 Å². The van der Waals surface area contributed by atoms with Gasteiger partial charge in [-0.05, 0) is 23.3 Å². The number of carbonyl (C=O) groups excluding carboxylic acids is 2. The Hall–Kier alpha value is -3.43. The topological polar surface area (TPSA) is 116 Å². The minimum absolute atomic E-state index is 0.135. The Morgan fingerprint density at radius 2 is 1.72 bits per heavy atom. The first-order chi connectivity index (χ1) is 15.1. The molecule has 9 heteroatoms. The van der Waals surface area contributed by atoms with Crippen molar-refractivity contribution in [1.29, 1.82) is 0 Å². The zero-order valence-electron chi connectivity index (χ0n) is 18.5. The van der Waals surface area contributed by atoms with Crippen LogP contribution in [0.5, 0.6) is 0 Å². The number of aromatic amines is 1. The van der Waals surface area contributed by atoms with Crippen LogP contribution in [-0.4, -0.2) is 42.1 Å². The predicted molar refractivity (Wildman–Crippen MR) is 125 cm³/mol. The van der Waals surface area contributed by atoms with Crippen LogP contribution < -0.4 is 16.1 Å². The smallest absolute Gasteiger partial charge is 0.293 e. The fourth-order valence-corrected chi connectivity index (χ4v) is 4.47. The number of amides is 2. The number of H-pyrrole nitrogens is 1. The van der Waals surface area contributed by atoms with Crippen molar-refractivity contribution >= 4 is 30.8 Å². The number of anilines is 1. The number of aromatic nitrogens is 1. The summed E-state index contributed by atoms with van der Waals surface area (Å²) in [6.07, 6.45) is 0. The first-order valence-electron chi connectivity index (χ1n) is 10.2. The van der Waals surface area contributed by atoms with Gasteiger partial charge in [0.15, 0.2) is 0 Å². The van der Waals surface area contributed by atoms with Crippen LogP contribution in [-0.2, 0) is 11.4 Å². The first-order valence-corrected chi connectivity index (χ1v) is 13.7. The average Bonchev–Trinajstić information content (AvgIpc) is 3.19. The van der Waals surface area contributed by atoms with Crippen LogP contribution in [0, 0.1) is 0 Å². The van der Waals surface area contributed by atoms with Crippen LogP contribution in [0.1, 0.15) is 27.7 Å². The highest BCUT2D eigenvalue weighted by Crippen LogP contribution is 2.24. The van der Waals surface area contributed by atoms with Crippen LogP contribution in [0.3, 0.4) is 0 Å². The molecule has 2 amide bonds. The van der Waals surface area contributed by atoms with Crippen molar-refractivity contribution in [3.63, 3.8) is 0 Å². The maximum atomic E-state index is 13.3. The lowest BCUT2D eigenvalue weighted by molar-refractivity contribution is -0.120. The third-order valence-electron chi connectivity index (χ3n) is 5.19. The van der Waals surface area contributed by atoms with Crippen LogP contribution >= 0.6 is 0 Å². The predicted octanol–water partition coefficient (Wildman–Crippen LogP) is 2.46. The van der Waals surface area contributed by atoms with E-state index in [2.05, 4.69) is 30.1 Å². The Morgan fingerprint density at radius 1 is 1.09 bits per heavy atom. The Labute approximate surface area is 186 Å². The zero-order valence-corrected chi connectivity index (χ0v) is 19.5. The zero-order chi connectivity index (χ0) is 23.5. The van der Waals surface area contributed by atoms with Crippen molar-refractivity contribution in [3.05, 3.63) is 81.8 Å². The van der Waals surface area contributed by atoms with E-state index in [0.717, 1.165) is 6.07 Å². The molecule has 0 aliphatic carbocycles. The van der Waals surface area contributed by atoms with E-state index in [1.54, 1.807) is 24.3 Å². The summed E-state index contributed by atoms with van der Waals surface area (Å²) < 4.78 is 4.92. The third-order valence-corrected chi connectivity index (χ3v) is 7.25. The molecule has 0 fully saturated rings. The Morgan fingerprint density at radius 3 is 2.22 bits per heavy atom. The highest BCUT2D eigenvalue weighted by Gasteiger charge is 2.31. The molecule has 0 aliphatic heterocycles. The van der Waals surface area contributed by atoms with Gasteiger partial charge in [0.25, 0.3) is 17.4 Å². The summed E-state index contributed by atoms with van der Waals surface area (Å²) in [6.45, 7) is 6.59. The molecule has 3 aromatic rings. The van der Waals surface area contributed by atoms with E-state index in [1.165, 1.54) is 17.1 Å². The number of carbonyl (C=O) groups is 2. The van der Waals surface area contributed by atoms with Crippen molar-refractivity contribution < 1.29 is 19.2 Å². The van der Waals surface area contributed by atoms with E-state index in [1.807, 2.05) is 24.3 Å². The monoisotopic (exact) mass is 453 g/mol.